The van der Waals surface area contributed by atoms with Gasteiger partial charge in [0.1, 0.15) is 5.75 Å². The number of amides is 1. The molecule has 1 amide bonds. The molecular formula is C21H25NO3. The molecule has 1 aliphatic carbocycles. The second kappa shape index (κ2) is 7.28. The number of phenols is 1. The van der Waals surface area contributed by atoms with Gasteiger partial charge >= 0.3 is 0 Å². The number of hydrogen-bond donors (Lipinski definition) is 2. The summed E-state index contributed by atoms with van der Waals surface area (Å²) in [5.74, 6) is 0.208. The Balaban J connectivity index is 1.62. The van der Waals surface area contributed by atoms with Crippen LogP contribution in [0, 0.1) is 0 Å². The number of nitrogens with zero attached hydrogens (tertiary/aromatic N) is 1. The molecule has 0 saturated heterocycles. The van der Waals surface area contributed by atoms with E-state index in [1.807, 2.05) is 36.4 Å². The zero-order chi connectivity index (χ0) is 17.9. The highest BCUT2D eigenvalue weighted by Gasteiger charge is 2.31. The minimum absolute atomic E-state index is 0.0288. The molecule has 3 rings (SSSR count). The van der Waals surface area contributed by atoms with Crippen molar-refractivity contribution in [2.24, 2.45) is 0 Å². The molecule has 0 heterocycles. The number of carbonyl (C=O) groups is 1. The summed E-state index contributed by atoms with van der Waals surface area (Å²) in [5, 5.41) is 19.8. The molecule has 4 heteroatoms. The van der Waals surface area contributed by atoms with Crippen LogP contribution in [0.2, 0.25) is 0 Å². The minimum atomic E-state index is -0.586. The number of carbonyl (C=O) groups excluding carboxylic acids is 1. The van der Waals surface area contributed by atoms with E-state index in [0.717, 1.165) is 36.8 Å². The smallest absolute Gasteiger partial charge is 0.253 e. The van der Waals surface area contributed by atoms with E-state index in [0.29, 0.717) is 18.5 Å². The van der Waals surface area contributed by atoms with E-state index in [2.05, 4.69) is 0 Å². The Morgan fingerprint density at radius 2 is 1.52 bits per heavy atom. The van der Waals surface area contributed by atoms with Crippen molar-refractivity contribution in [1.82, 2.24) is 4.90 Å². The predicted octanol–water partition coefficient (Wildman–Crippen LogP) is 3.83. The highest BCUT2D eigenvalue weighted by atomic mass is 16.3. The molecule has 132 valence electrons. The summed E-state index contributed by atoms with van der Waals surface area (Å²) in [4.78, 5) is 14.2. The minimum Gasteiger partial charge on any atom is -0.508 e. The summed E-state index contributed by atoms with van der Waals surface area (Å²) in [6.07, 6.45) is 4.48. The standard InChI is InChI=1S/C21H25NO3/c1-22(15-14-21(25)12-2-3-13-21)20(24)18-6-4-16(5-7-18)17-8-10-19(23)11-9-17/h4-11,23,25H,2-3,12-15H2,1H3. The van der Waals surface area contributed by atoms with Crippen molar-refractivity contribution in [1.29, 1.82) is 0 Å². The van der Waals surface area contributed by atoms with E-state index < -0.39 is 5.60 Å². The molecule has 0 unspecified atom stereocenters. The van der Waals surface area contributed by atoms with Gasteiger partial charge in [0, 0.05) is 19.2 Å². The van der Waals surface area contributed by atoms with Crippen LogP contribution in [-0.2, 0) is 0 Å². The van der Waals surface area contributed by atoms with Gasteiger partial charge in [-0.3, -0.25) is 4.79 Å². The van der Waals surface area contributed by atoms with Gasteiger partial charge in [-0.15, -0.1) is 0 Å². The van der Waals surface area contributed by atoms with Gasteiger partial charge in [-0.1, -0.05) is 37.1 Å². The summed E-state index contributed by atoms with van der Waals surface area (Å²) < 4.78 is 0. The van der Waals surface area contributed by atoms with Crippen molar-refractivity contribution in [3.63, 3.8) is 0 Å². The summed E-state index contributed by atoms with van der Waals surface area (Å²) in [6.45, 7) is 0.565. The van der Waals surface area contributed by atoms with Gasteiger partial charge < -0.3 is 15.1 Å². The van der Waals surface area contributed by atoms with Gasteiger partial charge in [-0.05, 0) is 54.7 Å². The molecule has 1 fully saturated rings. The quantitative estimate of drug-likeness (QED) is 0.870. The Hall–Kier alpha value is -2.33. The second-order valence-electron chi connectivity index (χ2n) is 7.03. The SMILES string of the molecule is CN(CCC1(O)CCCC1)C(=O)c1ccc(-c2ccc(O)cc2)cc1. The second-order valence-corrected chi connectivity index (χ2v) is 7.03. The number of aromatic hydroxyl groups is 1. The van der Waals surface area contributed by atoms with E-state index >= 15 is 0 Å². The first-order valence-electron chi connectivity index (χ1n) is 8.84. The lowest BCUT2D eigenvalue weighted by Gasteiger charge is -2.26. The van der Waals surface area contributed by atoms with E-state index in [1.165, 1.54) is 0 Å². The third-order valence-electron chi connectivity index (χ3n) is 5.13. The zero-order valence-corrected chi connectivity index (χ0v) is 14.6. The van der Waals surface area contributed by atoms with Crippen LogP contribution < -0.4 is 0 Å². The monoisotopic (exact) mass is 339 g/mol. The van der Waals surface area contributed by atoms with E-state index in [-0.39, 0.29) is 11.7 Å². The van der Waals surface area contributed by atoms with Gasteiger partial charge in [0.2, 0.25) is 0 Å². The molecule has 4 nitrogen and oxygen atoms in total. The number of hydrogen-bond acceptors (Lipinski definition) is 3. The maximum absolute atomic E-state index is 12.6. The van der Waals surface area contributed by atoms with Crippen molar-refractivity contribution in [3.05, 3.63) is 54.1 Å². The third kappa shape index (κ3) is 4.20. The van der Waals surface area contributed by atoms with E-state index in [4.69, 9.17) is 0 Å². The molecule has 25 heavy (non-hydrogen) atoms. The van der Waals surface area contributed by atoms with Crippen LogP contribution in [0.4, 0.5) is 0 Å². The lowest BCUT2D eigenvalue weighted by Crippen LogP contribution is -2.34. The lowest BCUT2D eigenvalue weighted by molar-refractivity contribution is 0.0296. The Kier molecular flexibility index (Phi) is 5.09. The van der Waals surface area contributed by atoms with Crippen molar-refractivity contribution < 1.29 is 15.0 Å². The van der Waals surface area contributed by atoms with Crippen LogP contribution >= 0.6 is 0 Å². The van der Waals surface area contributed by atoms with Crippen molar-refractivity contribution in [2.75, 3.05) is 13.6 Å². The number of rotatable bonds is 5. The largest absolute Gasteiger partial charge is 0.508 e. The van der Waals surface area contributed by atoms with Crippen LogP contribution in [0.1, 0.15) is 42.5 Å². The lowest BCUT2D eigenvalue weighted by atomic mass is 9.97. The fourth-order valence-electron chi connectivity index (χ4n) is 3.44. The van der Waals surface area contributed by atoms with Crippen molar-refractivity contribution in [2.45, 2.75) is 37.7 Å². The van der Waals surface area contributed by atoms with Crippen molar-refractivity contribution in [3.8, 4) is 16.9 Å². The molecule has 0 atom stereocenters. The average molecular weight is 339 g/mol. The van der Waals surface area contributed by atoms with Crippen molar-refractivity contribution >= 4 is 5.91 Å². The fourth-order valence-corrected chi connectivity index (χ4v) is 3.44. The maximum Gasteiger partial charge on any atom is 0.253 e. The highest BCUT2D eigenvalue weighted by Crippen LogP contribution is 2.32. The van der Waals surface area contributed by atoms with Gasteiger partial charge in [0.25, 0.3) is 5.91 Å². The Bertz CT molecular complexity index is 716. The maximum atomic E-state index is 12.6. The first kappa shape index (κ1) is 17.5. The van der Waals surface area contributed by atoms with Crippen LogP contribution in [-0.4, -0.2) is 40.2 Å². The number of phenolic OH excluding ortho intramolecular Hbond substituents is 1. The van der Waals surface area contributed by atoms with Gasteiger partial charge in [-0.2, -0.15) is 0 Å². The Morgan fingerprint density at radius 3 is 2.08 bits per heavy atom. The van der Waals surface area contributed by atoms with Gasteiger partial charge in [0.05, 0.1) is 5.60 Å². The van der Waals surface area contributed by atoms with Crippen LogP contribution in [0.25, 0.3) is 11.1 Å². The predicted molar refractivity (Wildman–Crippen MR) is 98.5 cm³/mol. The van der Waals surface area contributed by atoms with Gasteiger partial charge in [-0.25, -0.2) is 0 Å². The summed E-state index contributed by atoms with van der Waals surface area (Å²) in [6, 6.07) is 14.5. The first-order chi connectivity index (χ1) is 12.0. The summed E-state index contributed by atoms with van der Waals surface area (Å²) >= 11 is 0. The Morgan fingerprint density at radius 1 is 1.00 bits per heavy atom. The fraction of sp³-hybridized carbons (Fsp3) is 0.381. The number of benzene rings is 2. The highest BCUT2D eigenvalue weighted by molar-refractivity contribution is 5.94. The van der Waals surface area contributed by atoms with Gasteiger partial charge in [0.15, 0.2) is 0 Å². The molecule has 2 aromatic rings. The molecule has 1 saturated carbocycles. The Labute approximate surface area is 148 Å². The third-order valence-corrected chi connectivity index (χ3v) is 5.13. The van der Waals surface area contributed by atoms with Crippen LogP contribution in [0.5, 0.6) is 5.75 Å². The molecule has 2 N–H and O–H groups in total. The molecule has 1 aliphatic rings. The molecule has 0 aromatic heterocycles. The average Bonchev–Trinajstić information content (AvgIpc) is 3.07. The molecule has 0 aliphatic heterocycles. The topological polar surface area (TPSA) is 60.8 Å². The molecule has 0 radical (unpaired) electrons. The van der Waals surface area contributed by atoms with E-state index in [9.17, 15) is 15.0 Å². The first-order valence-corrected chi connectivity index (χ1v) is 8.84. The molecule has 2 aromatic carbocycles. The summed E-state index contributed by atoms with van der Waals surface area (Å²) in [5.41, 5.74) is 2.05. The molecular weight excluding hydrogens is 314 g/mol. The summed E-state index contributed by atoms with van der Waals surface area (Å²) in [7, 11) is 1.79. The zero-order valence-electron chi connectivity index (χ0n) is 14.6. The molecule has 0 bridgehead atoms. The normalized spacial score (nSPS) is 15.9. The van der Waals surface area contributed by atoms with Crippen LogP contribution in [0.3, 0.4) is 0 Å². The van der Waals surface area contributed by atoms with Crippen LogP contribution in [0.15, 0.2) is 48.5 Å². The van der Waals surface area contributed by atoms with E-state index in [1.54, 1.807) is 24.1 Å². The number of aliphatic hydroxyl groups is 1. The molecule has 0 spiro atoms.